The molecule has 264 valence electrons. The van der Waals surface area contributed by atoms with Gasteiger partial charge in [-0.3, -0.25) is 9.97 Å². The summed E-state index contributed by atoms with van der Waals surface area (Å²) in [5.41, 5.74) is 10.9. The minimum atomic E-state index is 0. The largest absolute Gasteiger partial charge is 2.00 e. The Kier molecular flexibility index (Phi) is 9.08. The van der Waals surface area contributed by atoms with Gasteiger partial charge >= 0.3 is 21.1 Å². The molecule has 0 bridgehead atoms. The first kappa shape index (κ1) is 35.7. The van der Waals surface area contributed by atoms with Crippen molar-refractivity contribution < 1.29 is 21.1 Å². The first-order valence-electron chi connectivity index (χ1n) is 17.8. The van der Waals surface area contributed by atoms with E-state index in [0.29, 0.717) is 0 Å². The Morgan fingerprint density at radius 1 is 0.509 bits per heavy atom. The molecule has 0 saturated heterocycles. The maximum absolute atomic E-state index is 4.86. The van der Waals surface area contributed by atoms with Crippen molar-refractivity contribution >= 4 is 74.1 Å². The summed E-state index contributed by atoms with van der Waals surface area (Å²) in [5, 5.41) is 4.55. The molecule has 0 aliphatic carbocycles. The van der Waals surface area contributed by atoms with Gasteiger partial charge in [0.15, 0.2) is 0 Å². The monoisotopic (exact) mass is 905 g/mol. The molecular weight excluding hydrogens is 868 g/mol. The van der Waals surface area contributed by atoms with Gasteiger partial charge in [0, 0.05) is 41.0 Å². The topological polar surface area (TPSA) is 51.6 Å². The predicted molar refractivity (Wildman–Crippen MR) is 221 cm³/mol. The summed E-state index contributed by atoms with van der Waals surface area (Å²) >= 11 is 3.60. The quantitative estimate of drug-likeness (QED) is 0.162. The van der Waals surface area contributed by atoms with Crippen molar-refractivity contribution in [2.45, 2.75) is 54.4 Å². The van der Waals surface area contributed by atoms with E-state index in [1.807, 2.05) is 0 Å². The van der Waals surface area contributed by atoms with E-state index in [0.717, 1.165) is 77.7 Å². The molecule has 0 saturated carbocycles. The Morgan fingerprint density at radius 3 is 1.58 bits per heavy atom. The van der Waals surface area contributed by atoms with Crippen LogP contribution < -0.4 is 0 Å². The zero-order valence-corrected chi connectivity index (χ0v) is 34.5. The minimum absolute atomic E-state index is 0. The van der Waals surface area contributed by atoms with Crippen LogP contribution in [0.3, 0.4) is 0 Å². The fourth-order valence-electron chi connectivity index (χ4n) is 7.44. The molecule has 53 heavy (non-hydrogen) atoms. The fourth-order valence-corrected chi connectivity index (χ4v) is 9.98. The molecule has 9 rings (SSSR count). The molecule has 0 unspecified atom stereocenters. The first-order chi connectivity index (χ1) is 25.0. The standard InChI is InChI=1S/C46H38N4S2.Pt/c1-45(2,3)23-31-14-9-17-34-39-43(51-41(31)34)37(47-25-49-39)29-13-7-12-28(21-29)33-16-8-11-27-19-20-30(22-36(27)33)38-44-40(50-26-48-38)35-18-10-15-32(42(35)52-44)24-46(4,5)6;/h7-20,25-26H,23-24H2,1-6H3;/q-2;+2. The average Bonchev–Trinajstić information content (AvgIpc) is 3.70. The Hall–Kier alpha value is -4.35. The van der Waals surface area contributed by atoms with E-state index in [-0.39, 0.29) is 31.9 Å². The number of rotatable bonds is 5. The molecule has 9 aromatic rings. The molecule has 0 N–H and O–H groups in total. The van der Waals surface area contributed by atoms with Gasteiger partial charge in [0.2, 0.25) is 0 Å². The Bertz CT molecular complexity index is 2840. The van der Waals surface area contributed by atoms with E-state index in [2.05, 4.69) is 139 Å². The van der Waals surface area contributed by atoms with Crippen molar-refractivity contribution in [1.82, 2.24) is 19.9 Å². The van der Waals surface area contributed by atoms with Gasteiger partial charge in [-0.05, 0) is 34.8 Å². The van der Waals surface area contributed by atoms with Crippen LogP contribution >= 0.6 is 22.7 Å². The zero-order valence-electron chi connectivity index (χ0n) is 30.6. The van der Waals surface area contributed by atoms with Crippen molar-refractivity contribution in [3.05, 3.63) is 121 Å². The summed E-state index contributed by atoms with van der Waals surface area (Å²) in [5.74, 6) is 0. The molecule has 4 nitrogen and oxygen atoms in total. The SMILES string of the molecule is CC(C)(C)Cc1cccc2c1sc1c(-c3[c-]c(-c4cccc5ccc(-c6ncnc7c6sc6c(CC(C)(C)C)cccc67)[c-]c45)ccc3)ncnc12.[Pt+2]. The van der Waals surface area contributed by atoms with E-state index in [1.54, 1.807) is 35.3 Å². The van der Waals surface area contributed by atoms with Crippen molar-refractivity contribution in [3.63, 3.8) is 0 Å². The number of hydrogen-bond acceptors (Lipinski definition) is 6. The molecule has 0 atom stereocenters. The van der Waals surface area contributed by atoms with Crippen molar-refractivity contribution in [1.29, 1.82) is 0 Å². The van der Waals surface area contributed by atoms with Gasteiger partial charge in [-0.25, -0.2) is 9.97 Å². The second-order valence-corrected chi connectivity index (χ2v) is 18.2. The van der Waals surface area contributed by atoms with E-state index >= 15 is 0 Å². The molecule has 5 aromatic carbocycles. The van der Waals surface area contributed by atoms with E-state index in [9.17, 15) is 0 Å². The fraction of sp³-hybridized carbons (Fsp3) is 0.217. The summed E-state index contributed by atoms with van der Waals surface area (Å²) in [6, 6.07) is 37.9. The molecule has 0 radical (unpaired) electrons. The summed E-state index contributed by atoms with van der Waals surface area (Å²) in [6.07, 6.45) is 5.40. The van der Waals surface area contributed by atoms with E-state index < -0.39 is 0 Å². The van der Waals surface area contributed by atoms with Crippen LogP contribution in [0.4, 0.5) is 0 Å². The molecule has 0 spiro atoms. The van der Waals surface area contributed by atoms with Crippen LogP contribution in [-0.4, -0.2) is 19.9 Å². The summed E-state index contributed by atoms with van der Waals surface area (Å²) in [4.78, 5) is 19.3. The van der Waals surface area contributed by atoms with Crippen LogP contribution in [0, 0.1) is 23.0 Å². The third-order valence-electron chi connectivity index (χ3n) is 9.54. The minimum Gasteiger partial charge on any atom is -0.274 e. The number of aromatic nitrogens is 4. The number of benzene rings is 5. The molecule has 0 fully saturated rings. The van der Waals surface area contributed by atoms with Gasteiger partial charge in [0.25, 0.3) is 0 Å². The van der Waals surface area contributed by atoms with Gasteiger partial charge in [0.1, 0.15) is 12.7 Å². The van der Waals surface area contributed by atoms with Crippen LogP contribution in [0.2, 0.25) is 0 Å². The zero-order chi connectivity index (χ0) is 35.8. The van der Waals surface area contributed by atoms with Gasteiger partial charge in [-0.15, -0.1) is 76.1 Å². The number of thiophene rings is 2. The van der Waals surface area contributed by atoms with Crippen LogP contribution in [-0.2, 0) is 33.9 Å². The second kappa shape index (κ2) is 13.5. The maximum atomic E-state index is 4.86. The van der Waals surface area contributed by atoms with Crippen molar-refractivity contribution in [2.75, 3.05) is 0 Å². The molecule has 0 aliphatic rings. The summed E-state index contributed by atoms with van der Waals surface area (Å²) in [7, 11) is 0. The molecule has 4 heterocycles. The van der Waals surface area contributed by atoms with Gasteiger partial charge in [0.05, 0.1) is 11.0 Å². The van der Waals surface area contributed by atoms with E-state index in [4.69, 9.17) is 19.9 Å². The molecule has 0 aliphatic heterocycles. The van der Waals surface area contributed by atoms with E-state index in [1.165, 1.54) is 31.3 Å². The molecule has 7 heteroatoms. The molecule has 4 aromatic heterocycles. The maximum Gasteiger partial charge on any atom is 2.00 e. The van der Waals surface area contributed by atoms with Crippen molar-refractivity contribution in [3.8, 4) is 33.6 Å². The second-order valence-electron chi connectivity index (χ2n) is 16.2. The average molecular weight is 906 g/mol. The summed E-state index contributed by atoms with van der Waals surface area (Å²) < 4.78 is 4.79. The Labute approximate surface area is 332 Å². The Morgan fingerprint density at radius 2 is 1.02 bits per heavy atom. The van der Waals surface area contributed by atoms with Crippen LogP contribution in [0.25, 0.3) is 85.0 Å². The molecular formula is C46H38N4PtS2. The smallest absolute Gasteiger partial charge is 0.274 e. The summed E-state index contributed by atoms with van der Waals surface area (Å²) in [6.45, 7) is 13.8. The third-order valence-corrected chi connectivity index (χ3v) is 12.1. The normalized spacial score (nSPS) is 12.3. The van der Waals surface area contributed by atoms with Crippen LogP contribution in [0.15, 0.2) is 97.6 Å². The van der Waals surface area contributed by atoms with Gasteiger partial charge in [-0.1, -0.05) is 118 Å². The van der Waals surface area contributed by atoms with Crippen molar-refractivity contribution in [2.24, 2.45) is 10.8 Å². The van der Waals surface area contributed by atoms with Crippen LogP contribution in [0.1, 0.15) is 52.7 Å². The third kappa shape index (κ3) is 6.60. The number of nitrogens with zero attached hydrogens (tertiary/aromatic N) is 4. The Balaban J connectivity index is 0.00000400. The van der Waals surface area contributed by atoms with Gasteiger partial charge < -0.3 is 0 Å². The number of fused-ring (bicyclic) bond motifs is 7. The predicted octanol–water partition coefficient (Wildman–Crippen LogP) is 12.9. The first-order valence-corrected chi connectivity index (χ1v) is 19.4. The molecule has 0 amide bonds. The number of hydrogen-bond donors (Lipinski definition) is 0. The van der Waals surface area contributed by atoms with Gasteiger partial charge in [-0.2, -0.15) is 0 Å². The van der Waals surface area contributed by atoms with Crippen LogP contribution in [0.5, 0.6) is 0 Å².